The normalized spacial score (nSPS) is 14.7. The first-order valence-corrected chi connectivity index (χ1v) is 6.90. The summed E-state index contributed by atoms with van der Waals surface area (Å²) in [5.74, 6) is -1.06. The standard InChI is InChI=1S/C15H24F2N2/c1-4-11(3)9-19(5-2)10-15(18)12-6-7-13(16)14(17)8-12/h6-8,11,15H,4-5,9-10,18H2,1-3H3. The van der Waals surface area contributed by atoms with E-state index in [2.05, 4.69) is 25.7 Å². The summed E-state index contributed by atoms with van der Waals surface area (Å²) in [6.07, 6.45) is 1.12. The summed E-state index contributed by atoms with van der Waals surface area (Å²) in [5, 5.41) is 0. The molecule has 0 saturated carbocycles. The second kappa shape index (κ2) is 7.56. The lowest BCUT2D eigenvalue weighted by atomic mass is 10.0. The zero-order valence-electron chi connectivity index (χ0n) is 12.0. The number of benzene rings is 1. The Morgan fingerprint density at radius 3 is 2.37 bits per heavy atom. The Kier molecular flexibility index (Phi) is 6.38. The van der Waals surface area contributed by atoms with Crippen LogP contribution in [-0.2, 0) is 0 Å². The molecule has 0 amide bonds. The van der Waals surface area contributed by atoms with Gasteiger partial charge >= 0.3 is 0 Å². The SMILES string of the molecule is CCC(C)CN(CC)CC(N)c1ccc(F)c(F)c1. The second-order valence-corrected chi connectivity index (χ2v) is 5.15. The van der Waals surface area contributed by atoms with Crippen LogP contribution in [0.5, 0.6) is 0 Å². The Bertz CT molecular complexity index is 396. The van der Waals surface area contributed by atoms with E-state index in [-0.39, 0.29) is 6.04 Å². The summed E-state index contributed by atoms with van der Waals surface area (Å²) in [7, 11) is 0. The Labute approximate surface area is 114 Å². The van der Waals surface area contributed by atoms with Gasteiger partial charge in [-0.05, 0) is 30.2 Å². The molecule has 2 nitrogen and oxygen atoms in total. The number of nitrogens with two attached hydrogens (primary N) is 1. The van der Waals surface area contributed by atoms with Gasteiger partial charge in [0.15, 0.2) is 11.6 Å². The van der Waals surface area contributed by atoms with Crippen LogP contribution in [0, 0.1) is 17.6 Å². The third-order valence-electron chi connectivity index (χ3n) is 3.54. The predicted octanol–water partition coefficient (Wildman–Crippen LogP) is 3.33. The first-order valence-electron chi connectivity index (χ1n) is 6.90. The van der Waals surface area contributed by atoms with Gasteiger partial charge in [0.05, 0.1) is 0 Å². The number of hydrogen-bond donors (Lipinski definition) is 1. The second-order valence-electron chi connectivity index (χ2n) is 5.15. The third kappa shape index (κ3) is 4.88. The average Bonchev–Trinajstić information content (AvgIpc) is 2.40. The van der Waals surface area contributed by atoms with Crippen LogP contribution in [0.15, 0.2) is 18.2 Å². The van der Waals surface area contributed by atoms with Crippen molar-refractivity contribution in [1.29, 1.82) is 0 Å². The maximum absolute atomic E-state index is 13.2. The predicted molar refractivity (Wildman–Crippen MR) is 74.9 cm³/mol. The summed E-state index contributed by atoms with van der Waals surface area (Å²) >= 11 is 0. The first-order chi connectivity index (χ1) is 8.97. The van der Waals surface area contributed by atoms with Crippen molar-refractivity contribution in [1.82, 2.24) is 4.90 Å². The molecule has 1 aromatic carbocycles. The molecule has 108 valence electrons. The summed E-state index contributed by atoms with van der Waals surface area (Å²) < 4.78 is 26.1. The molecule has 2 N–H and O–H groups in total. The highest BCUT2D eigenvalue weighted by molar-refractivity contribution is 5.21. The minimum absolute atomic E-state index is 0.292. The molecule has 0 fully saturated rings. The fourth-order valence-electron chi connectivity index (χ4n) is 2.03. The minimum Gasteiger partial charge on any atom is -0.323 e. The quantitative estimate of drug-likeness (QED) is 0.823. The highest BCUT2D eigenvalue weighted by Gasteiger charge is 2.14. The van der Waals surface area contributed by atoms with Crippen LogP contribution in [0.3, 0.4) is 0 Å². The lowest BCUT2D eigenvalue weighted by Gasteiger charge is -2.27. The summed E-state index contributed by atoms with van der Waals surface area (Å²) in [4.78, 5) is 2.25. The van der Waals surface area contributed by atoms with Crippen molar-refractivity contribution in [2.75, 3.05) is 19.6 Å². The molecule has 0 bridgehead atoms. The van der Waals surface area contributed by atoms with Crippen molar-refractivity contribution in [3.8, 4) is 0 Å². The van der Waals surface area contributed by atoms with Gasteiger partial charge in [0.25, 0.3) is 0 Å². The molecule has 19 heavy (non-hydrogen) atoms. The number of halogens is 2. The van der Waals surface area contributed by atoms with Gasteiger partial charge in [0.2, 0.25) is 0 Å². The van der Waals surface area contributed by atoms with Crippen LogP contribution in [0.25, 0.3) is 0 Å². The topological polar surface area (TPSA) is 29.3 Å². The van der Waals surface area contributed by atoms with E-state index in [1.165, 1.54) is 6.07 Å². The summed E-state index contributed by atoms with van der Waals surface area (Å²) in [6, 6.07) is 3.59. The average molecular weight is 270 g/mol. The lowest BCUT2D eigenvalue weighted by Crippen LogP contribution is -2.35. The smallest absolute Gasteiger partial charge is 0.159 e. The monoisotopic (exact) mass is 270 g/mol. The van der Waals surface area contributed by atoms with E-state index in [1.807, 2.05) is 0 Å². The molecular formula is C15H24F2N2. The van der Waals surface area contributed by atoms with Crippen molar-refractivity contribution < 1.29 is 8.78 Å². The van der Waals surface area contributed by atoms with Crippen molar-refractivity contribution in [3.05, 3.63) is 35.4 Å². The molecule has 0 spiro atoms. The summed E-state index contributed by atoms with van der Waals surface area (Å²) in [6.45, 7) is 8.98. The number of hydrogen-bond acceptors (Lipinski definition) is 2. The van der Waals surface area contributed by atoms with Gasteiger partial charge in [-0.3, -0.25) is 0 Å². The molecule has 1 rings (SSSR count). The van der Waals surface area contributed by atoms with Crippen LogP contribution in [0.2, 0.25) is 0 Å². The van der Waals surface area contributed by atoms with Gasteiger partial charge in [0, 0.05) is 19.1 Å². The van der Waals surface area contributed by atoms with Gasteiger partial charge in [-0.15, -0.1) is 0 Å². The van der Waals surface area contributed by atoms with E-state index in [4.69, 9.17) is 5.73 Å². The molecule has 0 saturated heterocycles. The van der Waals surface area contributed by atoms with Crippen molar-refractivity contribution in [2.24, 2.45) is 11.7 Å². The molecule has 0 heterocycles. The van der Waals surface area contributed by atoms with Crippen LogP contribution in [0.1, 0.15) is 38.8 Å². The third-order valence-corrected chi connectivity index (χ3v) is 3.54. The molecule has 2 atom stereocenters. The van der Waals surface area contributed by atoms with Gasteiger partial charge in [-0.2, -0.15) is 0 Å². The molecule has 0 aliphatic heterocycles. The number of rotatable bonds is 7. The Morgan fingerprint density at radius 1 is 1.16 bits per heavy atom. The molecule has 1 aromatic rings. The van der Waals surface area contributed by atoms with Gasteiger partial charge in [-0.25, -0.2) is 8.78 Å². The van der Waals surface area contributed by atoms with Gasteiger partial charge in [-0.1, -0.05) is 33.3 Å². The van der Waals surface area contributed by atoms with E-state index in [0.717, 1.165) is 25.6 Å². The minimum atomic E-state index is -0.835. The van der Waals surface area contributed by atoms with Gasteiger partial charge < -0.3 is 10.6 Å². The van der Waals surface area contributed by atoms with Crippen LogP contribution < -0.4 is 5.73 Å². The molecule has 0 radical (unpaired) electrons. The van der Waals surface area contributed by atoms with Crippen LogP contribution in [0.4, 0.5) is 8.78 Å². The largest absolute Gasteiger partial charge is 0.323 e. The molecule has 0 aliphatic rings. The van der Waals surface area contributed by atoms with E-state index < -0.39 is 11.6 Å². The summed E-state index contributed by atoms with van der Waals surface area (Å²) in [5.41, 5.74) is 6.72. The molecule has 0 aromatic heterocycles. The highest BCUT2D eigenvalue weighted by Crippen LogP contribution is 2.16. The fraction of sp³-hybridized carbons (Fsp3) is 0.600. The van der Waals surface area contributed by atoms with E-state index in [9.17, 15) is 8.78 Å². The Morgan fingerprint density at radius 2 is 1.84 bits per heavy atom. The zero-order chi connectivity index (χ0) is 14.4. The molecule has 0 aliphatic carbocycles. The van der Waals surface area contributed by atoms with E-state index in [1.54, 1.807) is 6.07 Å². The van der Waals surface area contributed by atoms with Crippen LogP contribution in [-0.4, -0.2) is 24.5 Å². The maximum atomic E-state index is 13.2. The van der Waals surface area contributed by atoms with E-state index in [0.29, 0.717) is 18.0 Å². The van der Waals surface area contributed by atoms with Crippen molar-refractivity contribution >= 4 is 0 Å². The number of likely N-dealkylation sites (N-methyl/N-ethyl adjacent to an activating group) is 1. The van der Waals surface area contributed by atoms with Gasteiger partial charge in [0.1, 0.15) is 0 Å². The Balaban J connectivity index is 2.65. The molecule has 4 heteroatoms. The molecule has 2 unspecified atom stereocenters. The Hall–Kier alpha value is -1.00. The lowest BCUT2D eigenvalue weighted by molar-refractivity contribution is 0.232. The highest BCUT2D eigenvalue weighted by atomic mass is 19.2. The molecular weight excluding hydrogens is 246 g/mol. The van der Waals surface area contributed by atoms with Crippen LogP contribution >= 0.6 is 0 Å². The number of nitrogens with zero attached hydrogens (tertiary/aromatic N) is 1. The van der Waals surface area contributed by atoms with Crippen molar-refractivity contribution in [2.45, 2.75) is 33.2 Å². The fourth-order valence-corrected chi connectivity index (χ4v) is 2.03. The zero-order valence-corrected chi connectivity index (χ0v) is 12.0. The maximum Gasteiger partial charge on any atom is 0.159 e. The van der Waals surface area contributed by atoms with Crippen molar-refractivity contribution in [3.63, 3.8) is 0 Å². The first kappa shape index (κ1) is 16.1. The van der Waals surface area contributed by atoms with E-state index >= 15 is 0 Å².